The Hall–Kier alpha value is -3.28. The number of carbonyl (C=O) groups is 2. The molecule has 0 fully saturated rings. The molecule has 6 heteroatoms. The standard InChI is InChI=1S/C19H13F2NO3/c1-10-13(20)7-8-14(21)15(10)16-12(19(24)25)9-22-17(16)18(23)11-5-3-2-4-6-11/h2-9,22H,1H3,(H,24,25). The molecule has 0 bridgehead atoms. The van der Waals surface area contributed by atoms with Crippen molar-refractivity contribution in [1.82, 2.24) is 4.98 Å². The van der Waals surface area contributed by atoms with Crippen molar-refractivity contribution in [3.63, 3.8) is 0 Å². The minimum absolute atomic E-state index is 0.0655. The number of carbonyl (C=O) groups excluding carboxylic acids is 1. The van der Waals surface area contributed by atoms with Crippen molar-refractivity contribution in [1.29, 1.82) is 0 Å². The van der Waals surface area contributed by atoms with Gasteiger partial charge in [-0.2, -0.15) is 0 Å². The first-order chi connectivity index (χ1) is 11.9. The first-order valence-corrected chi connectivity index (χ1v) is 7.41. The van der Waals surface area contributed by atoms with Crippen LogP contribution in [0.1, 0.15) is 32.0 Å². The number of ketones is 1. The normalized spacial score (nSPS) is 10.7. The molecule has 1 aromatic heterocycles. The van der Waals surface area contributed by atoms with Crippen LogP contribution in [-0.2, 0) is 0 Å². The van der Waals surface area contributed by atoms with E-state index in [1.165, 1.54) is 6.92 Å². The zero-order valence-corrected chi connectivity index (χ0v) is 13.1. The third kappa shape index (κ3) is 2.82. The van der Waals surface area contributed by atoms with Gasteiger partial charge in [0.2, 0.25) is 5.78 Å². The molecule has 0 amide bonds. The van der Waals surface area contributed by atoms with Crippen molar-refractivity contribution >= 4 is 11.8 Å². The van der Waals surface area contributed by atoms with Crippen LogP contribution in [0.3, 0.4) is 0 Å². The summed E-state index contributed by atoms with van der Waals surface area (Å²) in [6.07, 6.45) is 1.11. The van der Waals surface area contributed by atoms with Crippen LogP contribution in [0, 0.1) is 18.6 Å². The number of hydrogen-bond acceptors (Lipinski definition) is 2. The highest BCUT2D eigenvalue weighted by Crippen LogP contribution is 2.35. The monoisotopic (exact) mass is 341 g/mol. The Kier molecular flexibility index (Phi) is 4.19. The Morgan fingerprint density at radius 1 is 0.960 bits per heavy atom. The number of benzene rings is 2. The summed E-state index contributed by atoms with van der Waals surface area (Å²) in [5.41, 5.74) is -0.557. The molecular formula is C19H13F2NO3. The van der Waals surface area contributed by atoms with Crippen LogP contribution in [0.25, 0.3) is 11.1 Å². The third-order valence-corrected chi connectivity index (χ3v) is 3.97. The highest BCUT2D eigenvalue weighted by atomic mass is 19.1. The van der Waals surface area contributed by atoms with Gasteiger partial charge < -0.3 is 10.1 Å². The van der Waals surface area contributed by atoms with E-state index in [0.29, 0.717) is 5.56 Å². The quantitative estimate of drug-likeness (QED) is 0.699. The van der Waals surface area contributed by atoms with Gasteiger partial charge in [-0.05, 0) is 24.6 Å². The van der Waals surface area contributed by atoms with Gasteiger partial charge in [0.25, 0.3) is 0 Å². The number of carboxylic acids is 1. The molecule has 0 spiro atoms. The second kappa shape index (κ2) is 6.32. The smallest absolute Gasteiger partial charge is 0.337 e. The van der Waals surface area contributed by atoms with Gasteiger partial charge in [-0.25, -0.2) is 13.6 Å². The number of carboxylic acid groups (broad SMARTS) is 1. The second-order valence-electron chi connectivity index (χ2n) is 5.48. The van der Waals surface area contributed by atoms with E-state index in [1.807, 2.05) is 0 Å². The Bertz CT molecular complexity index is 978. The minimum Gasteiger partial charge on any atom is -0.478 e. The van der Waals surface area contributed by atoms with E-state index in [4.69, 9.17) is 0 Å². The predicted octanol–water partition coefficient (Wildman–Crippen LogP) is 4.20. The number of nitrogens with one attached hydrogen (secondary N) is 1. The molecule has 0 unspecified atom stereocenters. The average Bonchev–Trinajstić information content (AvgIpc) is 3.03. The Labute approximate surface area is 141 Å². The molecule has 0 radical (unpaired) electrons. The summed E-state index contributed by atoms with van der Waals surface area (Å²) in [5, 5.41) is 9.40. The van der Waals surface area contributed by atoms with Crippen molar-refractivity contribution in [2.45, 2.75) is 6.92 Å². The fourth-order valence-electron chi connectivity index (χ4n) is 2.72. The van der Waals surface area contributed by atoms with Crippen LogP contribution in [-0.4, -0.2) is 21.8 Å². The Morgan fingerprint density at radius 3 is 2.24 bits per heavy atom. The first kappa shape index (κ1) is 16.6. The average molecular weight is 341 g/mol. The molecule has 1 heterocycles. The molecule has 2 aromatic carbocycles. The summed E-state index contributed by atoms with van der Waals surface area (Å²) in [6.45, 7) is 1.34. The number of H-pyrrole nitrogens is 1. The molecule has 0 atom stereocenters. The highest BCUT2D eigenvalue weighted by Gasteiger charge is 2.27. The van der Waals surface area contributed by atoms with E-state index in [9.17, 15) is 23.5 Å². The molecule has 126 valence electrons. The largest absolute Gasteiger partial charge is 0.478 e. The maximum Gasteiger partial charge on any atom is 0.337 e. The van der Waals surface area contributed by atoms with Gasteiger partial charge in [0, 0.05) is 22.9 Å². The maximum absolute atomic E-state index is 14.4. The van der Waals surface area contributed by atoms with Gasteiger partial charge in [-0.3, -0.25) is 4.79 Å². The van der Waals surface area contributed by atoms with Crippen molar-refractivity contribution in [3.8, 4) is 11.1 Å². The van der Waals surface area contributed by atoms with Crippen LogP contribution < -0.4 is 0 Å². The molecule has 4 nitrogen and oxygen atoms in total. The maximum atomic E-state index is 14.4. The highest BCUT2D eigenvalue weighted by molar-refractivity contribution is 6.14. The van der Waals surface area contributed by atoms with E-state index in [2.05, 4.69) is 4.98 Å². The minimum atomic E-state index is -1.35. The molecular weight excluding hydrogens is 328 g/mol. The molecule has 0 aliphatic rings. The summed E-state index contributed by atoms with van der Waals surface area (Å²) < 4.78 is 28.3. The number of aromatic nitrogens is 1. The molecule has 2 N–H and O–H groups in total. The van der Waals surface area contributed by atoms with Crippen LogP contribution in [0.15, 0.2) is 48.7 Å². The Balaban J connectivity index is 2.30. The van der Waals surface area contributed by atoms with E-state index in [-0.39, 0.29) is 27.9 Å². The zero-order valence-electron chi connectivity index (χ0n) is 13.1. The molecule has 3 aromatic rings. The molecule has 0 saturated heterocycles. The van der Waals surface area contributed by atoms with Gasteiger partial charge >= 0.3 is 5.97 Å². The molecule has 0 aliphatic carbocycles. The topological polar surface area (TPSA) is 70.2 Å². The molecule has 25 heavy (non-hydrogen) atoms. The fraction of sp³-hybridized carbons (Fsp3) is 0.0526. The number of aromatic carboxylic acids is 1. The van der Waals surface area contributed by atoms with Crippen molar-refractivity contribution in [2.24, 2.45) is 0 Å². The van der Waals surface area contributed by atoms with E-state index in [1.54, 1.807) is 30.3 Å². The number of hydrogen-bond donors (Lipinski definition) is 2. The first-order valence-electron chi connectivity index (χ1n) is 7.41. The summed E-state index contributed by atoms with van der Waals surface area (Å²) in [6, 6.07) is 10.0. The van der Waals surface area contributed by atoms with E-state index < -0.39 is 23.4 Å². The van der Waals surface area contributed by atoms with Gasteiger partial charge in [0.15, 0.2) is 0 Å². The second-order valence-corrected chi connectivity index (χ2v) is 5.48. The lowest BCUT2D eigenvalue weighted by atomic mass is 9.93. The zero-order chi connectivity index (χ0) is 18.1. The Morgan fingerprint density at radius 2 is 1.60 bits per heavy atom. The lowest BCUT2D eigenvalue weighted by molar-refractivity contribution is 0.0698. The fourth-order valence-corrected chi connectivity index (χ4v) is 2.72. The summed E-state index contributed by atoms with van der Waals surface area (Å²) in [5.74, 6) is -3.34. The number of halogens is 2. The van der Waals surface area contributed by atoms with Crippen molar-refractivity contribution in [2.75, 3.05) is 0 Å². The van der Waals surface area contributed by atoms with E-state index >= 15 is 0 Å². The predicted molar refractivity (Wildman–Crippen MR) is 87.7 cm³/mol. The third-order valence-electron chi connectivity index (χ3n) is 3.97. The summed E-state index contributed by atoms with van der Waals surface area (Å²) in [7, 11) is 0. The SMILES string of the molecule is Cc1c(F)ccc(F)c1-c1c(C(=O)O)c[nH]c1C(=O)c1ccccc1. The van der Waals surface area contributed by atoms with Crippen LogP contribution in [0.2, 0.25) is 0 Å². The lowest BCUT2D eigenvalue weighted by Gasteiger charge is -2.11. The van der Waals surface area contributed by atoms with Gasteiger partial charge in [-0.1, -0.05) is 30.3 Å². The van der Waals surface area contributed by atoms with Crippen molar-refractivity contribution < 1.29 is 23.5 Å². The molecule has 0 saturated carbocycles. The van der Waals surface area contributed by atoms with Crippen molar-refractivity contribution in [3.05, 3.63) is 82.7 Å². The van der Waals surface area contributed by atoms with Crippen LogP contribution in [0.5, 0.6) is 0 Å². The number of rotatable bonds is 4. The van der Waals surface area contributed by atoms with Crippen LogP contribution in [0.4, 0.5) is 8.78 Å². The molecule has 3 rings (SSSR count). The molecule has 0 aliphatic heterocycles. The van der Waals surface area contributed by atoms with Gasteiger partial charge in [0.05, 0.1) is 11.3 Å². The summed E-state index contributed by atoms with van der Waals surface area (Å²) >= 11 is 0. The lowest BCUT2D eigenvalue weighted by Crippen LogP contribution is -2.07. The number of aromatic amines is 1. The van der Waals surface area contributed by atoms with Gasteiger partial charge in [0.1, 0.15) is 11.6 Å². The van der Waals surface area contributed by atoms with Crippen LogP contribution >= 0.6 is 0 Å². The summed E-state index contributed by atoms with van der Waals surface area (Å²) in [4.78, 5) is 26.9. The van der Waals surface area contributed by atoms with Gasteiger partial charge in [-0.15, -0.1) is 0 Å². The van der Waals surface area contributed by atoms with E-state index in [0.717, 1.165) is 18.3 Å².